The lowest BCUT2D eigenvalue weighted by Gasteiger charge is -2.01. The Kier molecular flexibility index (Phi) is 5.50. The fourth-order valence-corrected chi connectivity index (χ4v) is 4.23. The highest BCUT2D eigenvalue weighted by Crippen LogP contribution is 2.20. The van der Waals surface area contributed by atoms with Crippen LogP contribution in [0.4, 0.5) is 8.78 Å². The molecule has 1 aromatic carbocycles. The number of amides is 1. The number of thiazole rings is 2. The quantitative estimate of drug-likeness (QED) is 0.489. The van der Waals surface area contributed by atoms with Crippen molar-refractivity contribution < 1.29 is 13.6 Å². The van der Waals surface area contributed by atoms with E-state index in [0.29, 0.717) is 17.1 Å². The van der Waals surface area contributed by atoms with Gasteiger partial charge in [-0.3, -0.25) is 4.79 Å². The number of carbonyl (C=O) groups excluding carboxylic acids is 1. The Bertz CT molecular complexity index is 1240. The van der Waals surface area contributed by atoms with Crippen LogP contribution >= 0.6 is 22.7 Å². The third kappa shape index (κ3) is 4.19. The summed E-state index contributed by atoms with van der Waals surface area (Å²) in [5.41, 5.74) is 0.194. The number of rotatable bonds is 6. The van der Waals surface area contributed by atoms with Gasteiger partial charge in [0, 0.05) is 17.6 Å². The van der Waals surface area contributed by atoms with Crippen molar-refractivity contribution in [3.8, 4) is 5.13 Å². The first-order valence-corrected chi connectivity index (χ1v) is 10.3. The molecule has 0 aliphatic carbocycles. The molecule has 3 heterocycles. The fraction of sp³-hybridized carbons (Fsp3) is 0.167. The molecule has 0 aliphatic heterocycles. The Morgan fingerprint density at radius 2 is 2.00 bits per heavy atom. The largest absolute Gasteiger partial charge is 0.352 e. The monoisotopic (exact) mass is 448 g/mol. The second-order valence-electron chi connectivity index (χ2n) is 6.24. The number of benzene rings is 1. The summed E-state index contributed by atoms with van der Waals surface area (Å²) < 4.78 is 29.0. The molecule has 0 saturated carbocycles. The van der Waals surface area contributed by atoms with Crippen LogP contribution in [-0.2, 0) is 13.1 Å². The molecule has 4 aromatic rings. The standard InChI is InChI=1S/C18H14F2N6O2S2/c1-10-15(16(27)22-7-14-21-2-3-29-14)30-17(24-10)25-9-23-26(18(25)28)8-11-4-12(19)6-13(20)5-11/h2-6,9H,7-8H2,1H3,(H,22,27). The van der Waals surface area contributed by atoms with Gasteiger partial charge in [-0.1, -0.05) is 11.3 Å². The molecule has 1 amide bonds. The van der Waals surface area contributed by atoms with Gasteiger partial charge in [0.2, 0.25) is 0 Å². The molecule has 8 nitrogen and oxygen atoms in total. The summed E-state index contributed by atoms with van der Waals surface area (Å²) in [7, 11) is 0. The Morgan fingerprint density at radius 1 is 1.23 bits per heavy atom. The van der Waals surface area contributed by atoms with E-state index in [0.717, 1.165) is 39.2 Å². The number of nitrogens with one attached hydrogen (secondary N) is 1. The topological polar surface area (TPSA) is 94.7 Å². The maximum absolute atomic E-state index is 13.4. The van der Waals surface area contributed by atoms with Gasteiger partial charge in [-0.05, 0) is 24.6 Å². The summed E-state index contributed by atoms with van der Waals surface area (Å²) in [5.74, 6) is -1.79. The molecule has 0 fully saturated rings. The molecular weight excluding hydrogens is 434 g/mol. The lowest BCUT2D eigenvalue weighted by Crippen LogP contribution is -2.24. The number of hydrogen-bond donors (Lipinski definition) is 1. The van der Waals surface area contributed by atoms with Crippen LogP contribution in [0.25, 0.3) is 5.13 Å². The summed E-state index contributed by atoms with van der Waals surface area (Å²) in [4.78, 5) is 33.9. The van der Waals surface area contributed by atoms with Gasteiger partial charge >= 0.3 is 5.69 Å². The molecular formula is C18H14F2N6O2S2. The van der Waals surface area contributed by atoms with Gasteiger partial charge in [-0.2, -0.15) is 5.10 Å². The zero-order valence-corrected chi connectivity index (χ0v) is 17.1. The minimum atomic E-state index is -0.735. The SMILES string of the molecule is Cc1nc(-n2cnn(Cc3cc(F)cc(F)c3)c2=O)sc1C(=O)NCc1nccs1. The zero-order chi connectivity index (χ0) is 21.3. The van der Waals surface area contributed by atoms with Crippen LogP contribution in [-0.4, -0.2) is 30.2 Å². The summed E-state index contributed by atoms with van der Waals surface area (Å²) >= 11 is 2.48. The summed E-state index contributed by atoms with van der Waals surface area (Å²) in [6, 6.07) is 3.02. The van der Waals surface area contributed by atoms with Crippen LogP contribution in [0.2, 0.25) is 0 Å². The molecule has 154 valence electrons. The Balaban J connectivity index is 1.54. The zero-order valence-electron chi connectivity index (χ0n) is 15.5. The van der Waals surface area contributed by atoms with E-state index in [9.17, 15) is 18.4 Å². The van der Waals surface area contributed by atoms with E-state index in [1.54, 1.807) is 13.1 Å². The number of aryl methyl sites for hydroxylation is 1. The molecule has 0 unspecified atom stereocenters. The van der Waals surface area contributed by atoms with Gasteiger partial charge in [0.15, 0.2) is 5.13 Å². The van der Waals surface area contributed by atoms with Gasteiger partial charge in [0.05, 0.1) is 18.8 Å². The normalized spacial score (nSPS) is 11.0. The molecule has 0 saturated heterocycles. The van der Waals surface area contributed by atoms with Gasteiger partial charge < -0.3 is 5.32 Å². The molecule has 0 spiro atoms. The number of hydrogen-bond acceptors (Lipinski definition) is 7. The first-order valence-electron chi connectivity index (χ1n) is 8.64. The van der Waals surface area contributed by atoms with Gasteiger partial charge in [-0.15, -0.1) is 11.3 Å². The maximum atomic E-state index is 13.4. The van der Waals surface area contributed by atoms with Gasteiger partial charge in [-0.25, -0.2) is 32.8 Å². The minimum Gasteiger partial charge on any atom is -0.345 e. The van der Waals surface area contributed by atoms with E-state index >= 15 is 0 Å². The van der Waals surface area contributed by atoms with E-state index in [4.69, 9.17) is 0 Å². The van der Waals surface area contributed by atoms with Crippen molar-refractivity contribution in [3.63, 3.8) is 0 Å². The van der Waals surface area contributed by atoms with Crippen molar-refractivity contribution in [3.05, 3.63) is 79.4 Å². The van der Waals surface area contributed by atoms with E-state index in [2.05, 4.69) is 20.4 Å². The predicted molar refractivity (Wildman–Crippen MR) is 107 cm³/mol. The number of nitrogens with zero attached hydrogens (tertiary/aromatic N) is 5. The Labute approximate surface area is 176 Å². The number of halogens is 2. The highest BCUT2D eigenvalue weighted by Gasteiger charge is 2.18. The van der Waals surface area contributed by atoms with Crippen molar-refractivity contribution in [2.24, 2.45) is 0 Å². The lowest BCUT2D eigenvalue weighted by molar-refractivity contribution is 0.0954. The molecule has 0 atom stereocenters. The smallest absolute Gasteiger partial charge is 0.345 e. The molecule has 30 heavy (non-hydrogen) atoms. The molecule has 4 rings (SSSR count). The summed E-state index contributed by atoms with van der Waals surface area (Å²) in [6.45, 7) is 1.86. The number of aromatic nitrogens is 5. The molecule has 3 aromatic heterocycles. The summed E-state index contributed by atoms with van der Waals surface area (Å²) in [6.07, 6.45) is 2.91. The molecule has 0 radical (unpaired) electrons. The van der Waals surface area contributed by atoms with E-state index in [-0.39, 0.29) is 23.1 Å². The van der Waals surface area contributed by atoms with E-state index in [1.165, 1.54) is 22.2 Å². The average molecular weight is 448 g/mol. The van der Waals surface area contributed by atoms with Crippen LogP contribution < -0.4 is 11.0 Å². The first kappa shape index (κ1) is 20.0. The highest BCUT2D eigenvalue weighted by atomic mass is 32.1. The highest BCUT2D eigenvalue weighted by molar-refractivity contribution is 7.16. The van der Waals surface area contributed by atoms with Crippen LogP contribution in [0.5, 0.6) is 0 Å². The second-order valence-corrected chi connectivity index (χ2v) is 8.19. The first-order chi connectivity index (χ1) is 14.4. The second kappa shape index (κ2) is 8.24. The van der Waals surface area contributed by atoms with Gasteiger partial charge in [0.25, 0.3) is 5.91 Å². The number of carbonyl (C=O) groups is 1. The molecule has 0 aliphatic rings. The van der Waals surface area contributed by atoms with Crippen LogP contribution in [0.3, 0.4) is 0 Å². The molecule has 12 heteroatoms. The third-order valence-corrected chi connectivity index (χ3v) is 6.00. The summed E-state index contributed by atoms with van der Waals surface area (Å²) in [5, 5.41) is 9.62. The van der Waals surface area contributed by atoms with Crippen molar-refractivity contribution in [2.75, 3.05) is 0 Å². The van der Waals surface area contributed by atoms with Gasteiger partial charge in [0.1, 0.15) is 27.8 Å². The Morgan fingerprint density at radius 3 is 2.70 bits per heavy atom. The lowest BCUT2D eigenvalue weighted by atomic mass is 10.2. The average Bonchev–Trinajstić information content (AvgIpc) is 3.41. The van der Waals surface area contributed by atoms with Crippen molar-refractivity contribution in [1.82, 2.24) is 29.6 Å². The van der Waals surface area contributed by atoms with Crippen LogP contribution in [0.15, 0.2) is 40.9 Å². The molecule has 0 bridgehead atoms. The van der Waals surface area contributed by atoms with Crippen molar-refractivity contribution >= 4 is 28.6 Å². The maximum Gasteiger partial charge on any atom is 0.352 e. The van der Waals surface area contributed by atoms with Crippen molar-refractivity contribution in [1.29, 1.82) is 0 Å². The van der Waals surface area contributed by atoms with Crippen molar-refractivity contribution in [2.45, 2.75) is 20.0 Å². The van der Waals surface area contributed by atoms with Crippen LogP contribution in [0, 0.1) is 18.6 Å². The van der Waals surface area contributed by atoms with Crippen LogP contribution in [0.1, 0.15) is 25.9 Å². The van der Waals surface area contributed by atoms with E-state index < -0.39 is 17.3 Å². The predicted octanol–water partition coefficient (Wildman–Crippen LogP) is 2.51. The minimum absolute atomic E-state index is 0.105. The fourth-order valence-electron chi connectivity index (χ4n) is 2.72. The Hall–Kier alpha value is -3.25. The van der Waals surface area contributed by atoms with E-state index in [1.807, 2.05) is 5.38 Å². The molecule has 1 N–H and O–H groups in total. The third-order valence-electron chi connectivity index (χ3n) is 4.07.